The number of carbonyl (C=O) groups is 2. The molecule has 0 aliphatic heterocycles. The minimum atomic E-state index is -0.199. The maximum Gasteiger partial charge on any atom is 0.221 e. The molecule has 0 saturated carbocycles. The van der Waals surface area contributed by atoms with Gasteiger partial charge in [0.05, 0.1) is 6.04 Å². The Morgan fingerprint density at radius 2 is 1.78 bits per heavy atom. The molecule has 2 rings (SSSR count). The monoisotopic (exact) mass is 313 g/mol. The van der Waals surface area contributed by atoms with Gasteiger partial charge in [-0.25, -0.2) is 0 Å². The summed E-state index contributed by atoms with van der Waals surface area (Å²) in [6, 6.07) is 11.1. The molecule has 4 heteroatoms. The summed E-state index contributed by atoms with van der Waals surface area (Å²) in [6.45, 7) is 5.80. The van der Waals surface area contributed by atoms with Crippen LogP contribution in [0.4, 0.5) is 0 Å². The van der Waals surface area contributed by atoms with Crippen LogP contribution in [0.25, 0.3) is 0 Å². The number of hydrogen-bond donors (Lipinski definition) is 1. The van der Waals surface area contributed by atoms with Crippen molar-refractivity contribution in [3.63, 3.8) is 0 Å². The summed E-state index contributed by atoms with van der Waals surface area (Å²) in [5.41, 5.74) is 1.85. The molecule has 0 bridgehead atoms. The van der Waals surface area contributed by atoms with E-state index in [0.717, 1.165) is 17.9 Å². The maximum absolute atomic E-state index is 12.1. The Kier molecular flexibility index (Phi) is 5.74. The van der Waals surface area contributed by atoms with E-state index in [0.29, 0.717) is 5.56 Å². The fourth-order valence-electron chi connectivity index (χ4n) is 2.37. The average Bonchev–Trinajstić information content (AvgIpc) is 2.99. The smallest absolute Gasteiger partial charge is 0.221 e. The lowest BCUT2D eigenvalue weighted by atomic mass is 10.0. The number of amides is 1. The molecule has 1 unspecified atom stereocenters. The van der Waals surface area contributed by atoms with Gasteiger partial charge in [-0.3, -0.25) is 9.59 Å². The lowest BCUT2D eigenvalue weighted by molar-refractivity contribution is -0.121. The van der Waals surface area contributed by atoms with E-state index in [1.54, 1.807) is 0 Å². The van der Waals surface area contributed by atoms with Crippen LogP contribution in [0.3, 0.4) is 0 Å². The van der Waals surface area contributed by atoms with Gasteiger partial charge in [-0.1, -0.05) is 31.2 Å². The highest BCUT2D eigenvalue weighted by Gasteiger charge is 2.14. The van der Waals surface area contributed by atoms with Gasteiger partial charge in [0, 0.05) is 18.4 Å². The van der Waals surface area contributed by atoms with E-state index in [-0.39, 0.29) is 30.6 Å². The number of hydrogen-bond acceptors (Lipinski definition) is 3. The molecular formula is C19H23NO3. The number of ketones is 1. The van der Waals surface area contributed by atoms with Crippen LogP contribution < -0.4 is 5.32 Å². The molecule has 4 nitrogen and oxygen atoms in total. The van der Waals surface area contributed by atoms with Crippen LogP contribution in [0.15, 0.2) is 40.8 Å². The summed E-state index contributed by atoms with van der Waals surface area (Å²) in [5.74, 6) is 1.37. The first-order chi connectivity index (χ1) is 11.0. The number of furan rings is 1. The van der Waals surface area contributed by atoms with Gasteiger partial charge in [0.15, 0.2) is 5.78 Å². The van der Waals surface area contributed by atoms with Gasteiger partial charge < -0.3 is 9.73 Å². The molecule has 0 fully saturated rings. The Morgan fingerprint density at radius 3 is 2.35 bits per heavy atom. The fourth-order valence-corrected chi connectivity index (χ4v) is 2.37. The molecule has 0 aliphatic rings. The van der Waals surface area contributed by atoms with Gasteiger partial charge in [0.1, 0.15) is 11.5 Å². The summed E-state index contributed by atoms with van der Waals surface area (Å²) in [6.07, 6.45) is 1.33. The Balaban J connectivity index is 1.82. The van der Waals surface area contributed by atoms with Crippen molar-refractivity contribution in [1.29, 1.82) is 0 Å². The van der Waals surface area contributed by atoms with Crippen molar-refractivity contribution in [1.82, 2.24) is 5.32 Å². The molecule has 1 N–H and O–H groups in total. The van der Waals surface area contributed by atoms with Gasteiger partial charge in [-0.05, 0) is 38.0 Å². The number of Topliss-reactive ketones (excluding diaryl/α,β-unsaturated/α-hetero) is 1. The average molecular weight is 313 g/mol. The van der Waals surface area contributed by atoms with E-state index in [9.17, 15) is 9.59 Å². The number of carbonyl (C=O) groups excluding carboxylic acids is 2. The SMILES string of the molecule is CCc1ccc(C(=O)CCC(=O)NC(C)c2ccc(C)o2)cc1. The quantitative estimate of drug-likeness (QED) is 0.786. The normalized spacial score (nSPS) is 12.0. The van der Waals surface area contributed by atoms with Crippen LogP contribution in [0.5, 0.6) is 0 Å². The number of nitrogens with one attached hydrogen (secondary N) is 1. The van der Waals surface area contributed by atoms with Gasteiger partial charge in [-0.2, -0.15) is 0 Å². The molecule has 1 aromatic carbocycles. The van der Waals surface area contributed by atoms with Gasteiger partial charge >= 0.3 is 0 Å². The molecule has 0 radical (unpaired) electrons. The molecule has 0 aliphatic carbocycles. The number of aryl methyl sites for hydroxylation is 2. The fraction of sp³-hybridized carbons (Fsp3) is 0.368. The summed E-state index contributed by atoms with van der Waals surface area (Å²) in [7, 11) is 0. The van der Waals surface area contributed by atoms with Crippen molar-refractivity contribution in [3.8, 4) is 0 Å². The first kappa shape index (κ1) is 17.0. The van der Waals surface area contributed by atoms with Crippen LogP contribution in [-0.2, 0) is 11.2 Å². The van der Waals surface area contributed by atoms with E-state index in [1.807, 2.05) is 50.2 Å². The predicted octanol–water partition coefficient (Wildman–Crippen LogP) is 3.99. The number of benzene rings is 1. The second-order valence-corrected chi connectivity index (χ2v) is 5.71. The molecular weight excluding hydrogens is 290 g/mol. The molecule has 23 heavy (non-hydrogen) atoms. The van der Waals surface area contributed by atoms with Crippen LogP contribution in [-0.4, -0.2) is 11.7 Å². The molecule has 1 aromatic heterocycles. The zero-order chi connectivity index (χ0) is 16.8. The third-order valence-electron chi connectivity index (χ3n) is 3.83. The Labute approximate surface area is 136 Å². The third kappa shape index (κ3) is 4.81. The van der Waals surface area contributed by atoms with Crippen molar-refractivity contribution in [2.24, 2.45) is 0 Å². The molecule has 0 spiro atoms. The largest absolute Gasteiger partial charge is 0.464 e. The lowest BCUT2D eigenvalue weighted by Crippen LogP contribution is -2.26. The summed E-state index contributed by atoms with van der Waals surface area (Å²) in [5, 5.41) is 2.85. The van der Waals surface area contributed by atoms with E-state index in [2.05, 4.69) is 12.2 Å². The third-order valence-corrected chi connectivity index (χ3v) is 3.83. The van der Waals surface area contributed by atoms with E-state index < -0.39 is 0 Å². The van der Waals surface area contributed by atoms with Gasteiger partial charge in [-0.15, -0.1) is 0 Å². The molecule has 1 heterocycles. The van der Waals surface area contributed by atoms with Crippen molar-refractivity contribution in [2.45, 2.75) is 46.1 Å². The molecule has 1 atom stereocenters. The maximum atomic E-state index is 12.1. The standard InChI is InChI=1S/C19H23NO3/c1-4-15-6-8-16(9-7-15)17(21)10-12-19(22)20-14(3)18-11-5-13(2)23-18/h5-9,11,14H,4,10,12H2,1-3H3,(H,20,22). The van der Waals surface area contributed by atoms with Crippen LogP contribution in [0.2, 0.25) is 0 Å². The Hall–Kier alpha value is -2.36. The highest BCUT2D eigenvalue weighted by Crippen LogP contribution is 2.16. The number of rotatable bonds is 7. The van der Waals surface area contributed by atoms with E-state index in [4.69, 9.17) is 4.42 Å². The van der Waals surface area contributed by atoms with Crippen LogP contribution in [0.1, 0.15) is 60.2 Å². The van der Waals surface area contributed by atoms with E-state index in [1.165, 1.54) is 5.56 Å². The summed E-state index contributed by atoms with van der Waals surface area (Å²) in [4.78, 5) is 24.1. The second-order valence-electron chi connectivity index (χ2n) is 5.71. The Bertz CT molecular complexity index is 670. The summed E-state index contributed by atoms with van der Waals surface area (Å²) >= 11 is 0. The summed E-state index contributed by atoms with van der Waals surface area (Å²) < 4.78 is 5.48. The molecule has 0 saturated heterocycles. The first-order valence-electron chi connectivity index (χ1n) is 7.97. The predicted molar refractivity (Wildman–Crippen MR) is 89.4 cm³/mol. The zero-order valence-electron chi connectivity index (χ0n) is 13.9. The molecule has 122 valence electrons. The van der Waals surface area contributed by atoms with Gasteiger partial charge in [0.2, 0.25) is 5.91 Å². The van der Waals surface area contributed by atoms with Crippen molar-refractivity contribution in [2.75, 3.05) is 0 Å². The first-order valence-corrected chi connectivity index (χ1v) is 7.97. The second kappa shape index (κ2) is 7.77. The van der Waals surface area contributed by atoms with E-state index >= 15 is 0 Å². The highest BCUT2D eigenvalue weighted by atomic mass is 16.3. The molecule has 2 aromatic rings. The van der Waals surface area contributed by atoms with Crippen LogP contribution in [0, 0.1) is 6.92 Å². The topological polar surface area (TPSA) is 59.3 Å². The minimum absolute atomic E-state index is 0.00991. The van der Waals surface area contributed by atoms with Crippen molar-refractivity contribution in [3.05, 3.63) is 59.0 Å². The van der Waals surface area contributed by atoms with Crippen molar-refractivity contribution >= 4 is 11.7 Å². The highest BCUT2D eigenvalue weighted by molar-refractivity contribution is 5.98. The van der Waals surface area contributed by atoms with Crippen molar-refractivity contribution < 1.29 is 14.0 Å². The molecule has 1 amide bonds. The minimum Gasteiger partial charge on any atom is -0.464 e. The zero-order valence-corrected chi connectivity index (χ0v) is 13.9. The lowest BCUT2D eigenvalue weighted by Gasteiger charge is -2.11. The van der Waals surface area contributed by atoms with Crippen LogP contribution >= 0.6 is 0 Å². The Morgan fingerprint density at radius 1 is 1.09 bits per heavy atom. The van der Waals surface area contributed by atoms with Gasteiger partial charge in [0.25, 0.3) is 0 Å².